The van der Waals surface area contributed by atoms with E-state index in [0.717, 1.165) is 13.1 Å². The maximum Gasteiger partial charge on any atom is 0.148 e. The molecule has 0 radical (unpaired) electrons. The Bertz CT molecular complexity index is 676. The molecule has 20 heavy (non-hydrogen) atoms. The number of hydrogen-bond acceptors (Lipinski definition) is 6. The third-order valence-corrected chi connectivity index (χ3v) is 3.40. The summed E-state index contributed by atoms with van der Waals surface area (Å²) < 4.78 is 5.28. The maximum absolute atomic E-state index is 11.0. The second kappa shape index (κ2) is 5.34. The Balaban J connectivity index is 2.13. The Morgan fingerprint density at radius 2 is 2.20 bits per heavy atom. The summed E-state index contributed by atoms with van der Waals surface area (Å²) in [6, 6.07) is 1.61. The van der Waals surface area contributed by atoms with E-state index in [1.54, 1.807) is 24.4 Å². The molecular weight excluding hydrogens is 258 g/mol. The van der Waals surface area contributed by atoms with Gasteiger partial charge in [0, 0.05) is 35.9 Å². The lowest BCUT2D eigenvalue weighted by molar-refractivity contribution is 0.0662. The van der Waals surface area contributed by atoms with Gasteiger partial charge in [0.1, 0.15) is 11.4 Å². The Labute approximate surface area is 115 Å². The first kappa shape index (κ1) is 12.7. The number of hydrogen-bond donors (Lipinski definition) is 2. The quantitative estimate of drug-likeness (QED) is 0.609. The maximum atomic E-state index is 11.0. The monoisotopic (exact) mass is 273 g/mol. The molecule has 104 valence electrons. The summed E-state index contributed by atoms with van der Waals surface area (Å²) in [5.41, 5.74) is 0.832. The number of fused-ring (bicyclic) bond motifs is 1. The SMILES string of the molecule is O=Nc1c/c(=C/N2CCOCC2)c(O)c2c1=CC=CN2. The van der Waals surface area contributed by atoms with Crippen molar-refractivity contribution >= 4 is 23.7 Å². The molecule has 0 aromatic heterocycles. The van der Waals surface area contributed by atoms with Gasteiger partial charge in [0.25, 0.3) is 0 Å². The van der Waals surface area contributed by atoms with E-state index in [-0.39, 0.29) is 5.75 Å². The summed E-state index contributed by atoms with van der Waals surface area (Å²) in [7, 11) is 0. The van der Waals surface area contributed by atoms with Crippen LogP contribution in [0.3, 0.4) is 0 Å². The van der Waals surface area contributed by atoms with E-state index >= 15 is 0 Å². The van der Waals surface area contributed by atoms with Crippen LogP contribution in [0.5, 0.6) is 5.75 Å². The largest absolute Gasteiger partial charge is 0.505 e. The van der Waals surface area contributed by atoms with E-state index in [2.05, 4.69) is 15.4 Å². The van der Waals surface area contributed by atoms with Crippen LogP contribution in [-0.2, 0) is 4.74 Å². The fourth-order valence-corrected chi connectivity index (χ4v) is 2.36. The number of ether oxygens (including phenoxy) is 1. The molecule has 0 atom stereocenters. The highest BCUT2D eigenvalue weighted by molar-refractivity contribution is 5.72. The van der Waals surface area contributed by atoms with Gasteiger partial charge >= 0.3 is 0 Å². The lowest BCUT2D eigenvalue weighted by Gasteiger charge is -2.25. The number of phenolic OH excluding ortho intramolecular Hbond substituents is 1. The van der Waals surface area contributed by atoms with Crippen LogP contribution in [0.15, 0.2) is 23.5 Å². The highest BCUT2D eigenvalue weighted by Gasteiger charge is 2.13. The van der Waals surface area contributed by atoms with Gasteiger partial charge in [-0.05, 0) is 23.4 Å². The summed E-state index contributed by atoms with van der Waals surface area (Å²) >= 11 is 0. The minimum atomic E-state index is 0.125. The van der Waals surface area contributed by atoms with E-state index in [9.17, 15) is 10.0 Å². The van der Waals surface area contributed by atoms with Crippen molar-refractivity contribution in [2.75, 3.05) is 31.6 Å². The van der Waals surface area contributed by atoms with Gasteiger partial charge in [-0.2, -0.15) is 0 Å². The Morgan fingerprint density at radius 1 is 1.40 bits per heavy atom. The number of nitroso groups, excluding NO2 is 1. The molecule has 0 saturated carbocycles. The summed E-state index contributed by atoms with van der Waals surface area (Å²) in [6.45, 7) is 2.85. The zero-order valence-electron chi connectivity index (χ0n) is 10.9. The van der Waals surface area contributed by atoms with Crippen LogP contribution < -0.4 is 15.8 Å². The molecule has 6 heteroatoms. The zero-order chi connectivity index (χ0) is 13.9. The fraction of sp³-hybridized carbons (Fsp3) is 0.286. The Hall–Kier alpha value is -2.34. The summed E-state index contributed by atoms with van der Waals surface area (Å²) in [6.07, 6.45) is 7.06. The van der Waals surface area contributed by atoms with Gasteiger partial charge in [-0.15, -0.1) is 4.91 Å². The van der Waals surface area contributed by atoms with Crippen LogP contribution in [0.4, 0.5) is 11.4 Å². The smallest absolute Gasteiger partial charge is 0.148 e. The van der Waals surface area contributed by atoms with E-state index in [1.807, 2.05) is 6.20 Å². The van der Waals surface area contributed by atoms with Crippen molar-refractivity contribution in [2.45, 2.75) is 0 Å². The van der Waals surface area contributed by atoms with Crippen molar-refractivity contribution in [3.63, 3.8) is 0 Å². The molecule has 2 aliphatic rings. The molecule has 3 rings (SSSR count). The van der Waals surface area contributed by atoms with E-state index in [4.69, 9.17) is 4.74 Å². The molecule has 0 unspecified atom stereocenters. The Morgan fingerprint density at radius 3 is 2.95 bits per heavy atom. The molecule has 2 heterocycles. The third kappa shape index (κ3) is 2.25. The molecule has 1 aromatic rings. The number of nitrogens with zero attached hydrogens (tertiary/aromatic N) is 2. The first-order valence-corrected chi connectivity index (χ1v) is 6.46. The summed E-state index contributed by atoms with van der Waals surface area (Å²) in [4.78, 5) is 13.0. The summed E-state index contributed by atoms with van der Waals surface area (Å²) in [5, 5.41) is 17.5. The number of nitrogens with one attached hydrogen (secondary N) is 1. The zero-order valence-corrected chi connectivity index (χ0v) is 10.9. The average molecular weight is 273 g/mol. The minimum Gasteiger partial charge on any atom is -0.505 e. The first-order valence-electron chi connectivity index (χ1n) is 6.46. The molecule has 0 spiro atoms. The molecule has 0 aliphatic carbocycles. The van der Waals surface area contributed by atoms with Gasteiger partial charge in [0.2, 0.25) is 0 Å². The fourth-order valence-electron chi connectivity index (χ4n) is 2.36. The van der Waals surface area contributed by atoms with Gasteiger partial charge in [-0.3, -0.25) is 0 Å². The molecule has 6 nitrogen and oxygen atoms in total. The van der Waals surface area contributed by atoms with Crippen LogP contribution in [0.25, 0.3) is 12.3 Å². The molecule has 1 aromatic carbocycles. The third-order valence-electron chi connectivity index (χ3n) is 3.40. The number of rotatable bonds is 2. The minimum absolute atomic E-state index is 0.125. The average Bonchev–Trinajstić information content (AvgIpc) is 2.51. The number of anilines is 1. The van der Waals surface area contributed by atoms with Gasteiger partial charge in [0.15, 0.2) is 0 Å². The van der Waals surface area contributed by atoms with Crippen LogP contribution in [0.2, 0.25) is 0 Å². The second-order valence-corrected chi connectivity index (χ2v) is 4.66. The van der Waals surface area contributed by atoms with E-state index < -0.39 is 0 Å². The second-order valence-electron chi connectivity index (χ2n) is 4.66. The molecule has 2 N–H and O–H groups in total. The van der Waals surface area contributed by atoms with Crippen molar-refractivity contribution in [1.82, 2.24) is 4.90 Å². The van der Waals surface area contributed by atoms with Crippen molar-refractivity contribution in [2.24, 2.45) is 5.18 Å². The molecule has 0 amide bonds. The number of allylic oxidation sites excluding steroid dienone is 1. The number of phenols is 1. The number of benzene rings is 1. The molecule has 1 fully saturated rings. The van der Waals surface area contributed by atoms with Crippen LogP contribution >= 0.6 is 0 Å². The van der Waals surface area contributed by atoms with Crippen LogP contribution in [0, 0.1) is 4.91 Å². The Kier molecular flexibility index (Phi) is 3.39. The highest BCUT2D eigenvalue weighted by Crippen LogP contribution is 2.20. The van der Waals surface area contributed by atoms with Gasteiger partial charge < -0.3 is 20.1 Å². The topological polar surface area (TPSA) is 74.2 Å². The van der Waals surface area contributed by atoms with Gasteiger partial charge in [0.05, 0.1) is 18.9 Å². The van der Waals surface area contributed by atoms with Crippen LogP contribution in [0.1, 0.15) is 0 Å². The predicted molar refractivity (Wildman–Crippen MR) is 76.9 cm³/mol. The molecule has 1 saturated heterocycles. The molecule has 0 bridgehead atoms. The lowest BCUT2D eigenvalue weighted by Crippen LogP contribution is -2.33. The normalized spacial score (nSPS) is 18.2. The first-order chi connectivity index (χ1) is 9.79. The number of aromatic hydroxyl groups is 1. The van der Waals surface area contributed by atoms with Crippen molar-refractivity contribution in [3.8, 4) is 5.75 Å². The van der Waals surface area contributed by atoms with Gasteiger partial charge in [-0.25, -0.2) is 0 Å². The highest BCUT2D eigenvalue weighted by atomic mass is 16.5. The van der Waals surface area contributed by atoms with Crippen molar-refractivity contribution in [1.29, 1.82) is 0 Å². The predicted octanol–water partition coefficient (Wildman–Crippen LogP) is 0.580. The van der Waals surface area contributed by atoms with E-state index in [1.165, 1.54) is 0 Å². The van der Waals surface area contributed by atoms with Crippen molar-refractivity contribution < 1.29 is 9.84 Å². The molecular formula is C14H15N3O3. The lowest BCUT2D eigenvalue weighted by atomic mass is 10.1. The standard InChI is InChI=1S/C14H15N3O3/c18-14-10(9-17-4-6-20-7-5-17)8-12(16-19)11-2-1-3-15-13(11)14/h1-3,8-9,15,18H,4-7H2/b10-9-. The van der Waals surface area contributed by atoms with Gasteiger partial charge in [-0.1, -0.05) is 0 Å². The van der Waals surface area contributed by atoms with Crippen molar-refractivity contribution in [3.05, 3.63) is 33.7 Å². The van der Waals surface area contributed by atoms with E-state index in [0.29, 0.717) is 35.0 Å². The summed E-state index contributed by atoms with van der Waals surface area (Å²) in [5.74, 6) is 0.125. The van der Waals surface area contributed by atoms with Crippen LogP contribution in [-0.4, -0.2) is 36.3 Å². The molecule has 2 aliphatic heterocycles. The number of morpholine rings is 1.